The lowest BCUT2D eigenvalue weighted by atomic mass is 10.1. The Balaban J connectivity index is 2.05. The van der Waals surface area contributed by atoms with Gasteiger partial charge in [0.15, 0.2) is 11.5 Å². The summed E-state index contributed by atoms with van der Waals surface area (Å²) in [5.74, 6) is 1.62. The Hall–Kier alpha value is -2.40. The van der Waals surface area contributed by atoms with E-state index in [1.54, 1.807) is 25.3 Å². The predicted molar refractivity (Wildman–Crippen MR) is 97.9 cm³/mol. The maximum Gasteiger partial charge on any atom is 0.251 e. The van der Waals surface area contributed by atoms with Gasteiger partial charge in [-0.3, -0.25) is 4.79 Å². The molecule has 0 unspecified atom stereocenters. The van der Waals surface area contributed by atoms with Crippen molar-refractivity contribution in [2.45, 2.75) is 26.5 Å². The number of halogens is 1. The first-order valence-electron chi connectivity index (χ1n) is 7.90. The normalized spacial score (nSPS) is 10.5. The zero-order chi connectivity index (χ0) is 18.4. The quantitative estimate of drug-likeness (QED) is 0.805. The van der Waals surface area contributed by atoms with Crippen LogP contribution >= 0.6 is 11.6 Å². The summed E-state index contributed by atoms with van der Waals surface area (Å²) in [5.41, 5.74) is 1.37. The van der Waals surface area contributed by atoms with Crippen molar-refractivity contribution in [2.24, 2.45) is 0 Å². The third-order valence-corrected chi connectivity index (χ3v) is 3.75. The molecule has 0 atom stereocenters. The van der Waals surface area contributed by atoms with Gasteiger partial charge in [0.05, 0.1) is 25.3 Å². The van der Waals surface area contributed by atoms with Crippen LogP contribution in [0.25, 0.3) is 0 Å². The molecule has 1 N–H and O–H groups in total. The molecule has 0 spiro atoms. The van der Waals surface area contributed by atoms with Crippen molar-refractivity contribution in [1.82, 2.24) is 5.32 Å². The van der Waals surface area contributed by atoms with Crippen molar-refractivity contribution in [3.8, 4) is 17.2 Å². The van der Waals surface area contributed by atoms with Gasteiger partial charge >= 0.3 is 0 Å². The summed E-state index contributed by atoms with van der Waals surface area (Å²) in [6.45, 7) is 4.27. The number of carbonyl (C=O) groups is 1. The molecule has 0 aromatic heterocycles. The lowest BCUT2D eigenvalue weighted by Gasteiger charge is -2.15. The van der Waals surface area contributed by atoms with Crippen LogP contribution in [-0.4, -0.2) is 26.2 Å². The van der Waals surface area contributed by atoms with E-state index < -0.39 is 0 Å². The van der Waals surface area contributed by atoms with Crippen LogP contribution in [0, 0.1) is 0 Å². The van der Waals surface area contributed by atoms with Crippen LogP contribution in [0.1, 0.15) is 29.8 Å². The fourth-order valence-electron chi connectivity index (χ4n) is 2.27. The SMILES string of the molecule is COc1ccc(C(=O)NCc2ccc(OC(C)C)c(OC)c2)cc1Cl. The fourth-order valence-corrected chi connectivity index (χ4v) is 2.52. The molecule has 0 bridgehead atoms. The Morgan fingerprint density at radius 2 is 1.72 bits per heavy atom. The number of hydrogen-bond acceptors (Lipinski definition) is 4. The van der Waals surface area contributed by atoms with Gasteiger partial charge in [-0.05, 0) is 49.7 Å². The Bertz CT molecular complexity index is 746. The number of carbonyl (C=O) groups excluding carboxylic acids is 1. The lowest BCUT2D eigenvalue weighted by molar-refractivity contribution is 0.0951. The van der Waals surface area contributed by atoms with E-state index in [2.05, 4.69) is 5.32 Å². The Kier molecular flexibility index (Phi) is 6.53. The first-order chi connectivity index (χ1) is 11.9. The van der Waals surface area contributed by atoms with E-state index in [-0.39, 0.29) is 12.0 Å². The summed E-state index contributed by atoms with van der Waals surface area (Å²) < 4.78 is 16.1. The second-order valence-corrected chi connectivity index (χ2v) is 6.09. The molecule has 2 aromatic carbocycles. The van der Waals surface area contributed by atoms with Crippen molar-refractivity contribution in [2.75, 3.05) is 14.2 Å². The molecule has 134 valence electrons. The van der Waals surface area contributed by atoms with Crippen LogP contribution in [0.15, 0.2) is 36.4 Å². The molecule has 0 heterocycles. The first kappa shape index (κ1) is 18.9. The summed E-state index contributed by atoms with van der Waals surface area (Å²) in [6, 6.07) is 10.5. The number of rotatable bonds is 7. The van der Waals surface area contributed by atoms with Gasteiger partial charge < -0.3 is 19.5 Å². The van der Waals surface area contributed by atoms with E-state index in [1.165, 1.54) is 7.11 Å². The molecule has 0 saturated heterocycles. The van der Waals surface area contributed by atoms with Crippen LogP contribution in [-0.2, 0) is 6.54 Å². The standard InChI is InChI=1S/C19H22ClNO4/c1-12(2)25-17-7-5-13(9-18(17)24-4)11-21-19(22)14-6-8-16(23-3)15(20)10-14/h5-10,12H,11H2,1-4H3,(H,21,22). The zero-order valence-corrected chi connectivity index (χ0v) is 15.5. The number of amides is 1. The molecule has 2 rings (SSSR count). The van der Waals surface area contributed by atoms with Crippen LogP contribution in [0.2, 0.25) is 5.02 Å². The van der Waals surface area contributed by atoms with Crippen molar-refractivity contribution < 1.29 is 19.0 Å². The van der Waals surface area contributed by atoms with Crippen molar-refractivity contribution in [3.63, 3.8) is 0 Å². The Morgan fingerprint density at radius 3 is 2.32 bits per heavy atom. The van der Waals surface area contributed by atoms with E-state index in [9.17, 15) is 4.79 Å². The van der Waals surface area contributed by atoms with Gasteiger partial charge in [-0.2, -0.15) is 0 Å². The second-order valence-electron chi connectivity index (χ2n) is 5.68. The molecule has 0 aliphatic carbocycles. The summed E-state index contributed by atoms with van der Waals surface area (Å²) in [4.78, 5) is 12.3. The maximum absolute atomic E-state index is 12.3. The summed E-state index contributed by atoms with van der Waals surface area (Å²) in [5, 5.41) is 3.25. The minimum absolute atomic E-state index is 0.0549. The smallest absolute Gasteiger partial charge is 0.251 e. The maximum atomic E-state index is 12.3. The van der Waals surface area contributed by atoms with Gasteiger partial charge in [-0.25, -0.2) is 0 Å². The Morgan fingerprint density at radius 1 is 1.04 bits per heavy atom. The van der Waals surface area contributed by atoms with Gasteiger partial charge in [0.25, 0.3) is 5.91 Å². The monoisotopic (exact) mass is 363 g/mol. The highest BCUT2D eigenvalue weighted by Gasteiger charge is 2.11. The molecule has 5 nitrogen and oxygen atoms in total. The summed E-state index contributed by atoms with van der Waals surface area (Å²) >= 11 is 6.05. The molecule has 0 fully saturated rings. The third-order valence-electron chi connectivity index (χ3n) is 3.46. The van der Waals surface area contributed by atoms with E-state index in [0.29, 0.717) is 34.4 Å². The predicted octanol–water partition coefficient (Wildman–Crippen LogP) is 4.07. The van der Waals surface area contributed by atoms with Gasteiger partial charge in [0, 0.05) is 12.1 Å². The van der Waals surface area contributed by atoms with E-state index in [1.807, 2.05) is 32.0 Å². The average molecular weight is 364 g/mol. The topological polar surface area (TPSA) is 56.8 Å². The van der Waals surface area contributed by atoms with E-state index in [0.717, 1.165) is 5.56 Å². The largest absolute Gasteiger partial charge is 0.495 e. The number of nitrogens with one attached hydrogen (secondary N) is 1. The molecule has 0 aliphatic rings. The van der Waals surface area contributed by atoms with Crippen LogP contribution in [0.4, 0.5) is 0 Å². The first-order valence-corrected chi connectivity index (χ1v) is 8.27. The van der Waals surface area contributed by atoms with Gasteiger partial charge in [-0.15, -0.1) is 0 Å². The van der Waals surface area contributed by atoms with Crippen molar-refractivity contribution in [3.05, 3.63) is 52.5 Å². The Labute approximate surface area is 152 Å². The van der Waals surface area contributed by atoms with Gasteiger partial charge in [0.2, 0.25) is 0 Å². The highest BCUT2D eigenvalue weighted by molar-refractivity contribution is 6.32. The fraction of sp³-hybridized carbons (Fsp3) is 0.316. The molecule has 0 saturated carbocycles. The van der Waals surface area contributed by atoms with Crippen LogP contribution < -0.4 is 19.5 Å². The molecule has 1 amide bonds. The number of methoxy groups -OCH3 is 2. The van der Waals surface area contributed by atoms with E-state index >= 15 is 0 Å². The number of hydrogen-bond donors (Lipinski definition) is 1. The summed E-state index contributed by atoms with van der Waals surface area (Å²) in [7, 11) is 3.12. The number of benzene rings is 2. The molecule has 0 aliphatic heterocycles. The van der Waals surface area contributed by atoms with Gasteiger partial charge in [0.1, 0.15) is 5.75 Å². The van der Waals surface area contributed by atoms with Gasteiger partial charge in [-0.1, -0.05) is 17.7 Å². The molecule has 6 heteroatoms. The molecule has 25 heavy (non-hydrogen) atoms. The van der Waals surface area contributed by atoms with E-state index in [4.69, 9.17) is 25.8 Å². The number of ether oxygens (including phenoxy) is 3. The van der Waals surface area contributed by atoms with Crippen molar-refractivity contribution in [1.29, 1.82) is 0 Å². The van der Waals surface area contributed by atoms with Crippen LogP contribution in [0.5, 0.6) is 17.2 Å². The third kappa shape index (κ3) is 5.03. The average Bonchev–Trinajstić information content (AvgIpc) is 2.59. The zero-order valence-electron chi connectivity index (χ0n) is 14.8. The highest BCUT2D eigenvalue weighted by Crippen LogP contribution is 2.29. The molecular formula is C19H22ClNO4. The minimum Gasteiger partial charge on any atom is -0.495 e. The molecular weight excluding hydrogens is 342 g/mol. The summed E-state index contributed by atoms with van der Waals surface area (Å²) in [6.07, 6.45) is 0.0549. The van der Waals surface area contributed by atoms with Crippen molar-refractivity contribution >= 4 is 17.5 Å². The second kappa shape index (κ2) is 8.62. The lowest BCUT2D eigenvalue weighted by Crippen LogP contribution is -2.22. The van der Waals surface area contributed by atoms with Crippen LogP contribution in [0.3, 0.4) is 0 Å². The highest BCUT2D eigenvalue weighted by atomic mass is 35.5. The molecule has 2 aromatic rings. The minimum atomic E-state index is -0.217. The molecule has 0 radical (unpaired) electrons.